The van der Waals surface area contributed by atoms with Crippen LogP contribution in [0.5, 0.6) is 5.75 Å². The van der Waals surface area contributed by atoms with Crippen LogP contribution in [0.25, 0.3) is 0 Å². The third-order valence-corrected chi connectivity index (χ3v) is 5.82. The van der Waals surface area contributed by atoms with Crippen molar-refractivity contribution in [2.24, 2.45) is 0 Å². The van der Waals surface area contributed by atoms with Gasteiger partial charge in [-0.15, -0.1) is 0 Å². The van der Waals surface area contributed by atoms with E-state index < -0.39 is 0 Å². The summed E-state index contributed by atoms with van der Waals surface area (Å²) in [5.74, 6) is 0.455. The molecular formula is C23H31N3O4. The van der Waals surface area contributed by atoms with Crippen molar-refractivity contribution in [1.29, 1.82) is 0 Å². The van der Waals surface area contributed by atoms with Gasteiger partial charge in [0.15, 0.2) is 5.78 Å². The summed E-state index contributed by atoms with van der Waals surface area (Å²) in [7, 11) is 1.67. The molecule has 1 saturated heterocycles. The highest BCUT2D eigenvalue weighted by molar-refractivity contribution is 6.03. The summed E-state index contributed by atoms with van der Waals surface area (Å²) in [4.78, 5) is 33.0. The minimum absolute atomic E-state index is 0.000906. The number of H-pyrrole nitrogens is 1. The van der Waals surface area contributed by atoms with Gasteiger partial charge in [-0.05, 0) is 45.4 Å². The van der Waals surface area contributed by atoms with Gasteiger partial charge in [-0.3, -0.25) is 9.69 Å². The minimum Gasteiger partial charge on any atom is -0.497 e. The number of anilines is 1. The maximum absolute atomic E-state index is 13.2. The number of nitrogens with one attached hydrogen (secondary N) is 1. The number of methoxy groups -OCH3 is 1. The molecule has 1 aromatic heterocycles. The van der Waals surface area contributed by atoms with Gasteiger partial charge < -0.3 is 19.4 Å². The molecule has 0 amide bonds. The number of hydrogen-bond acceptors (Lipinski definition) is 6. The van der Waals surface area contributed by atoms with Crippen LogP contribution in [0.1, 0.15) is 46.0 Å². The number of benzene rings is 1. The lowest BCUT2D eigenvalue weighted by atomic mass is 10.0. The van der Waals surface area contributed by atoms with Gasteiger partial charge in [-0.25, -0.2) is 4.79 Å². The number of esters is 1. The van der Waals surface area contributed by atoms with Crippen molar-refractivity contribution < 1.29 is 19.1 Å². The average molecular weight is 414 g/mol. The largest absolute Gasteiger partial charge is 0.497 e. The minimum atomic E-state index is -0.387. The van der Waals surface area contributed by atoms with Crippen LogP contribution in [0.3, 0.4) is 0 Å². The summed E-state index contributed by atoms with van der Waals surface area (Å²) < 4.78 is 10.5. The topological polar surface area (TPSA) is 74.9 Å². The predicted molar refractivity (Wildman–Crippen MR) is 117 cm³/mol. The molecule has 1 atom stereocenters. The highest BCUT2D eigenvalue weighted by atomic mass is 16.5. The summed E-state index contributed by atoms with van der Waals surface area (Å²) in [6.45, 7) is 10.9. The number of hydrogen-bond donors (Lipinski definition) is 1. The number of carbonyl (C=O) groups is 2. The van der Waals surface area contributed by atoms with Crippen LogP contribution in [-0.2, 0) is 4.74 Å². The molecule has 1 N–H and O–H groups in total. The van der Waals surface area contributed by atoms with Gasteiger partial charge in [0, 0.05) is 43.6 Å². The number of aromatic nitrogens is 1. The number of aromatic amines is 1. The number of ketones is 1. The van der Waals surface area contributed by atoms with E-state index in [1.165, 1.54) is 0 Å². The highest BCUT2D eigenvalue weighted by Gasteiger charge is 2.30. The van der Waals surface area contributed by atoms with Gasteiger partial charge >= 0.3 is 5.97 Å². The lowest BCUT2D eigenvalue weighted by molar-refractivity contribution is 0.0525. The molecule has 1 fully saturated rings. The number of Topliss-reactive ketones (excluding diaryl/α,β-unsaturated/α-hetero) is 1. The van der Waals surface area contributed by atoms with Gasteiger partial charge in [0.25, 0.3) is 0 Å². The Labute approximate surface area is 178 Å². The fourth-order valence-electron chi connectivity index (χ4n) is 4.06. The van der Waals surface area contributed by atoms with E-state index in [4.69, 9.17) is 9.47 Å². The zero-order valence-electron chi connectivity index (χ0n) is 18.4. The molecule has 0 aliphatic carbocycles. The molecule has 30 heavy (non-hydrogen) atoms. The summed E-state index contributed by atoms with van der Waals surface area (Å²) >= 11 is 0. The Hall–Kier alpha value is -2.80. The van der Waals surface area contributed by atoms with Crippen LogP contribution in [0.2, 0.25) is 0 Å². The van der Waals surface area contributed by atoms with Crippen LogP contribution in [-0.4, -0.2) is 67.6 Å². The quantitative estimate of drug-likeness (QED) is 0.555. The first kappa shape index (κ1) is 21.9. The highest BCUT2D eigenvalue weighted by Crippen LogP contribution is 2.24. The van der Waals surface area contributed by atoms with E-state index in [9.17, 15) is 9.59 Å². The number of carbonyl (C=O) groups excluding carboxylic acids is 2. The van der Waals surface area contributed by atoms with Crippen LogP contribution in [0, 0.1) is 13.8 Å². The van der Waals surface area contributed by atoms with Gasteiger partial charge in [0.2, 0.25) is 0 Å². The third kappa shape index (κ3) is 4.36. The fourth-order valence-corrected chi connectivity index (χ4v) is 4.06. The van der Waals surface area contributed by atoms with E-state index in [0.29, 0.717) is 29.1 Å². The fraction of sp³-hybridized carbons (Fsp3) is 0.478. The molecule has 1 aliphatic heterocycles. The summed E-state index contributed by atoms with van der Waals surface area (Å²) in [6, 6.07) is 7.76. The summed E-state index contributed by atoms with van der Waals surface area (Å²) in [6.07, 6.45) is 0. The Balaban J connectivity index is 1.68. The van der Waals surface area contributed by atoms with E-state index in [1.807, 2.05) is 25.1 Å². The van der Waals surface area contributed by atoms with Gasteiger partial charge in [-0.2, -0.15) is 0 Å². The molecular weight excluding hydrogens is 382 g/mol. The van der Waals surface area contributed by atoms with Crippen LogP contribution >= 0.6 is 0 Å². The molecule has 0 bridgehead atoms. The zero-order chi connectivity index (χ0) is 21.8. The van der Waals surface area contributed by atoms with E-state index in [-0.39, 0.29) is 17.8 Å². The monoisotopic (exact) mass is 413 g/mol. The van der Waals surface area contributed by atoms with Crippen molar-refractivity contribution in [3.63, 3.8) is 0 Å². The number of rotatable bonds is 7. The standard InChI is InChI=1S/C23H31N3O4/c1-6-30-23(28)20-15(2)21(24-16(20)3)22(27)17(4)25-10-12-26(13-11-25)18-8-7-9-19(14-18)29-5/h7-9,14,17,24H,6,10-13H2,1-5H3. The molecule has 1 aliphatic rings. The second-order valence-electron chi connectivity index (χ2n) is 7.61. The lowest BCUT2D eigenvalue weighted by Gasteiger charge is -2.38. The maximum Gasteiger partial charge on any atom is 0.340 e. The number of nitrogens with zero attached hydrogens (tertiary/aromatic N) is 2. The van der Waals surface area contributed by atoms with Crippen molar-refractivity contribution in [3.8, 4) is 5.75 Å². The Kier molecular flexibility index (Phi) is 6.82. The van der Waals surface area contributed by atoms with Crippen molar-refractivity contribution in [2.75, 3.05) is 44.8 Å². The molecule has 162 valence electrons. The van der Waals surface area contributed by atoms with Gasteiger partial charge in [0.05, 0.1) is 31.0 Å². The van der Waals surface area contributed by atoms with Crippen molar-refractivity contribution in [1.82, 2.24) is 9.88 Å². The Morgan fingerprint density at radius 1 is 1.17 bits per heavy atom. The first-order chi connectivity index (χ1) is 14.4. The summed E-state index contributed by atoms with van der Waals surface area (Å²) in [5.41, 5.74) is 3.43. The maximum atomic E-state index is 13.2. The van der Waals surface area contributed by atoms with Crippen LogP contribution in [0.4, 0.5) is 5.69 Å². The Morgan fingerprint density at radius 3 is 2.50 bits per heavy atom. The van der Waals surface area contributed by atoms with Crippen LogP contribution in [0.15, 0.2) is 24.3 Å². The molecule has 1 aromatic carbocycles. The number of aryl methyl sites for hydroxylation is 1. The first-order valence-electron chi connectivity index (χ1n) is 10.4. The molecule has 2 heterocycles. The third-order valence-electron chi connectivity index (χ3n) is 5.82. The molecule has 0 spiro atoms. The normalized spacial score (nSPS) is 15.7. The summed E-state index contributed by atoms with van der Waals surface area (Å²) in [5, 5.41) is 0. The SMILES string of the molecule is CCOC(=O)c1c(C)[nH]c(C(=O)C(C)N2CCN(c3cccc(OC)c3)CC2)c1C. The van der Waals surface area contributed by atoms with E-state index in [2.05, 4.69) is 20.9 Å². The van der Waals surface area contributed by atoms with E-state index in [0.717, 1.165) is 37.6 Å². The van der Waals surface area contributed by atoms with Crippen LogP contribution < -0.4 is 9.64 Å². The van der Waals surface area contributed by atoms with Crippen molar-refractivity contribution in [3.05, 3.63) is 46.8 Å². The molecule has 3 rings (SSSR count). The molecule has 7 nitrogen and oxygen atoms in total. The second kappa shape index (κ2) is 9.34. The Bertz CT molecular complexity index is 913. The van der Waals surface area contributed by atoms with Gasteiger partial charge in [-0.1, -0.05) is 6.07 Å². The van der Waals surface area contributed by atoms with E-state index >= 15 is 0 Å². The Morgan fingerprint density at radius 2 is 1.87 bits per heavy atom. The van der Waals surface area contributed by atoms with E-state index in [1.54, 1.807) is 27.9 Å². The predicted octanol–water partition coefficient (Wildman–Crippen LogP) is 3.21. The van der Waals surface area contributed by atoms with Crippen molar-refractivity contribution >= 4 is 17.4 Å². The molecule has 0 radical (unpaired) electrons. The molecule has 0 saturated carbocycles. The van der Waals surface area contributed by atoms with Crippen molar-refractivity contribution in [2.45, 2.75) is 33.7 Å². The number of ether oxygens (including phenoxy) is 2. The van der Waals surface area contributed by atoms with Gasteiger partial charge in [0.1, 0.15) is 5.75 Å². The lowest BCUT2D eigenvalue weighted by Crippen LogP contribution is -2.51. The number of piperazine rings is 1. The molecule has 7 heteroatoms. The average Bonchev–Trinajstić information content (AvgIpc) is 3.07. The molecule has 1 unspecified atom stereocenters. The zero-order valence-corrected chi connectivity index (χ0v) is 18.4. The smallest absolute Gasteiger partial charge is 0.340 e. The molecule has 2 aromatic rings. The second-order valence-corrected chi connectivity index (χ2v) is 7.61. The first-order valence-corrected chi connectivity index (χ1v) is 10.4.